The van der Waals surface area contributed by atoms with Crippen molar-refractivity contribution < 1.29 is 0 Å². The van der Waals surface area contributed by atoms with Gasteiger partial charge in [0, 0.05) is 38.3 Å². The molecule has 1 saturated heterocycles. The van der Waals surface area contributed by atoms with Gasteiger partial charge in [-0.15, -0.1) is 0 Å². The van der Waals surface area contributed by atoms with E-state index in [-0.39, 0.29) is 5.95 Å². The first-order valence-electron chi connectivity index (χ1n) is 7.01. The van der Waals surface area contributed by atoms with Gasteiger partial charge >= 0.3 is 0 Å². The number of anilines is 2. The molecule has 5 nitrogen and oxygen atoms in total. The molecule has 104 valence electrons. The molecule has 19 heavy (non-hydrogen) atoms. The third-order valence-corrected chi connectivity index (χ3v) is 4.37. The van der Waals surface area contributed by atoms with Gasteiger partial charge in [-0.3, -0.25) is 4.90 Å². The monoisotopic (exact) mass is 281 g/mol. The topological polar surface area (TPSA) is 58.3 Å². The van der Waals surface area contributed by atoms with Crippen LogP contribution in [0.4, 0.5) is 11.8 Å². The Hall–Kier alpha value is -1.07. The molecule has 1 aromatic rings. The van der Waals surface area contributed by atoms with Gasteiger partial charge in [0.2, 0.25) is 5.95 Å². The van der Waals surface area contributed by atoms with Crippen molar-refractivity contribution in [3.8, 4) is 0 Å². The number of nitrogens with two attached hydrogens (primary N) is 1. The molecule has 0 unspecified atom stereocenters. The summed E-state index contributed by atoms with van der Waals surface area (Å²) in [6, 6.07) is 2.60. The molecular formula is C13H20ClN5. The Kier molecular flexibility index (Phi) is 3.75. The number of halogens is 1. The summed E-state index contributed by atoms with van der Waals surface area (Å²) in [6.45, 7) is 4.19. The van der Waals surface area contributed by atoms with Crippen molar-refractivity contribution in [2.45, 2.75) is 31.7 Å². The van der Waals surface area contributed by atoms with Crippen LogP contribution in [0.15, 0.2) is 6.07 Å². The number of nitrogens with zero attached hydrogens (tertiary/aromatic N) is 4. The van der Waals surface area contributed by atoms with E-state index in [0.717, 1.165) is 38.0 Å². The maximum Gasteiger partial charge on any atom is 0.223 e. The Balaban J connectivity index is 1.63. The first kappa shape index (κ1) is 12.9. The fraction of sp³-hybridized carbons (Fsp3) is 0.692. The molecular weight excluding hydrogens is 262 g/mol. The van der Waals surface area contributed by atoms with Crippen LogP contribution in [-0.2, 0) is 0 Å². The van der Waals surface area contributed by atoms with Crippen molar-refractivity contribution in [3.63, 3.8) is 0 Å². The van der Waals surface area contributed by atoms with Crippen molar-refractivity contribution >= 4 is 23.4 Å². The highest BCUT2D eigenvalue weighted by molar-refractivity contribution is 6.29. The molecule has 2 heterocycles. The molecule has 0 aromatic carbocycles. The fourth-order valence-electron chi connectivity index (χ4n) is 3.17. The molecule has 2 aliphatic rings. The van der Waals surface area contributed by atoms with Crippen LogP contribution in [0.1, 0.15) is 25.7 Å². The summed E-state index contributed by atoms with van der Waals surface area (Å²) < 4.78 is 0. The largest absolute Gasteiger partial charge is 0.368 e. The third-order valence-electron chi connectivity index (χ3n) is 4.18. The molecule has 6 heteroatoms. The minimum absolute atomic E-state index is 0.251. The van der Waals surface area contributed by atoms with Gasteiger partial charge < -0.3 is 10.6 Å². The van der Waals surface area contributed by atoms with Gasteiger partial charge in [0.15, 0.2) is 0 Å². The summed E-state index contributed by atoms with van der Waals surface area (Å²) in [4.78, 5) is 13.0. The molecule has 2 fully saturated rings. The van der Waals surface area contributed by atoms with Gasteiger partial charge in [0.1, 0.15) is 11.0 Å². The van der Waals surface area contributed by atoms with E-state index >= 15 is 0 Å². The summed E-state index contributed by atoms with van der Waals surface area (Å²) in [5.41, 5.74) is 5.65. The Morgan fingerprint density at radius 2 is 1.79 bits per heavy atom. The smallest absolute Gasteiger partial charge is 0.223 e. The lowest BCUT2D eigenvalue weighted by Gasteiger charge is -2.38. The average Bonchev–Trinajstić information content (AvgIpc) is 2.91. The van der Waals surface area contributed by atoms with E-state index in [1.807, 2.05) is 0 Å². The van der Waals surface area contributed by atoms with E-state index < -0.39 is 0 Å². The number of hydrogen-bond acceptors (Lipinski definition) is 5. The van der Waals surface area contributed by atoms with Gasteiger partial charge in [-0.05, 0) is 12.8 Å². The predicted octanol–water partition coefficient (Wildman–Crippen LogP) is 1.78. The molecule has 0 radical (unpaired) electrons. The molecule has 1 saturated carbocycles. The molecule has 1 aromatic heterocycles. The lowest BCUT2D eigenvalue weighted by atomic mass is 10.2. The van der Waals surface area contributed by atoms with Crippen LogP contribution >= 0.6 is 11.6 Å². The van der Waals surface area contributed by atoms with E-state index in [1.54, 1.807) is 6.07 Å². The van der Waals surface area contributed by atoms with Crippen molar-refractivity contribution in [1.82, 2.24) is 14.9 Å². The first-order chi connectivity index (χ1) is 9.22. The second kappa shape index (κ2) is 5.51. The SMILES string of the molecule is Nc1nc(Cl)cc(N2CCN(C3CCCC3)CC2)n1. The van der Waals surface area contributed by atoms with Crippen molar-refractivity contribution in [3.05, 3.63) is 11.2 Å². The van der Waals surface area contributed by atoms with E-state index in [0.29, 0.717) is 5.15 Å². The van der Waals surface area contributed by atoms with Gasteiger partial charge in [0.25, 0.3) is 0 Å². The summed E-state index contributed by atoms with van der Waals surface area (Å²) in [6.07, 6.45) is 5.52. The highest BCUT2D eigenvalue weighted by atomic mass is 35.5. The molecule has 0 spiro atoms. The van der Waals surface area contributed by atoms with Crippen LogP contribution in [-0.4, -0.2) is 47.1 Å². The zero-order valence-corrected chi connectivity index (χ0v) is 11.8. The Bertz CT molecular complexity index is 418. The molecule has 0 amide bonds. The maximum atomic E-state index is 5.93. The van der Waals surface area contributed by atoms with Crippen molar-refractivity contribution in [1.29, 1.82) is 0 Å². The van der Waals surface area contributed by atoms with Crippen molar-refractivity contribution in [2.75, 3.05) is 36.8 Å². The van der Waals surface area contributed by atoms with E-state index in [1.165, 1.54) is 25.7 Å². The number of aromatic nitrogens is 2. The molecule has 1 aliphatic carbocycles. The lowest BCUT2D eigenvalue weighted by Crippen LogP contribution is -2.50. The minimum atomic E-state index is 0.251. The van der Waals surface area contributed by atoms with E-state index in [2.05, 4.69) is 19.8 Å². The molecule has 0 bridgehead atoms. The van der Waals surface area contributed by atoms with E-state index in [9.17, 15) is 0 Å². The first-order valence-corrected chi connectivity index (χ1v) is 7.39. The summed E-state index contributed by atoms with van der Waals surface area (Å²) in [7, 11) is 0. The van der Waals surface area contributed by atoms with Gasteiger partial charge in [0.05, 0.1) is 0 Å². The zero-order valence-electron chi connectivity index (χ0n) is 11.1. The average molecular weight is 282 g/mol. The van der Waals surface area contributed by atoms with Crippen LogP contribution in [0.2, 0.25) is 5.15 Å². The normalized spacial score (nSPS) is 22.1. The lowest BCUT2D eigenvalue weighted by molar-refractivity contribution is 0.187. The Morgan fingerprint density at radius 1 is 1.11 bits per heavy atom. The number of rotatable bonds is 2. The molecule has 1 aliphatic heterocycles. The summed E-state index contributed by atoms with van der Waals surface area (Å²) in [5.74, 6) is 1.10. The zero-order chi connectivity index (χ0) is 13.2. The van der Waals surface area contributed by atoms with Gasteiger partial charge in [-0.2, -0.15) is 4.98 Å². The van der Waals surface area contributed by atoms with E-state index in [4.69, 9.17) is 17.3 Å². The molecule has 3 rings (SSSR count). The number of piperazine rings is 1. The van der Waals surface area contributed by atoms with Gasteiger partial charge in [-0.1, -0.05) is 24.4 Å². The van der Waals surface area contributed by atoms with Gasteiger partial charge in [-0.25, -0.2) is 4.98 Å². The minimum Gasteiger partial charge on any atom is -0.368 e. The summed E-state index contributed by atoms with van der Waals surface area (Å²) in [5, 5.41) is 0.417. The van der Waals surface area contributed by atoms with Crippen molar-refractivity contribution in [2.24, 2.45) is 0 Å². The highest BCUT2D eigenvalue weighted by Crippen LogP contribution is 2.25. The Morgan fingerprint density at radius 3 is 2.42 bits per heavy atom. The quantitative estimate of drug-likeness (QED) is 0.838. The second-order valence-corrected chi connectivity index (χ2v) is 5.76. The van der Waals surface area contributed by atoms with Crippen LogP contribution in [0.3, 0.4) is 0 Å². The standard InChI is InChI=1S/C13H20ClN5/c14-11-9-12(17-13(15)16-11)19-7-5-18(6-8-19)10-3-1-2-4-10/h9-10H,1-8H2,(H2,15,16,17). The predicted molar refractivity (Wildman–Crippen MR) is 77.5 cm³/mol. The van der Waals surface area contributed by atoms with Crippen LogP contribution in [0.5, 0.6) is 0 Å². The number of nitrogen functional groups attached to an aromatic ring is 1. The molecule has 2 N–H and O–H groups in total. The fourth-order valence-corrected chi connectivity index (χ4v) is 3.35. The molecule has 0 atom stereocenters. The van der Waals surface area contributed by atoms with Crippen LogP contribution < -0.4 is 10.6 Å². The highest BCUT2D eigenvalue weighted by Gasteiger charge is 2.26. The second-order valence-electron chi connectivity index (χ2n) is 5.37. The Labute approximate surface area is 118 Å². The van der Waals surface area contributed by atoms with Crippen LogP contribution in [0, 0.1) is 0 Å². The number of hydrogen-bond donors (Lipinski definition) is 1. The summed E-state index contributed by atoms with van der Waals surface area (Å²) >= 11 is 5.93. The maximum absolute atomic E-state index is 5.93. The third kappa shape index (κ3) is 2.92. The van der Waals surface area contributed by atoms with Crippen LogP contribution in [0.25, 0.3) is 0 Å².